The van der Waals surface area contributed by atoms with E-state index in [0.717, 1.165) is 35.6 Å². The SMILES string of the molecule is CCC1C2CC(C1CC)C(NC)C2C. The molecular formula is C13H25N. The smallest absolute Gasteiger partial charge is 0.0123 e. The van der Waals surface area contributed by atoms with E-state index in [1.165, 1.54) is 19.3 Å². The second kappa shape index (κ2) is 3.84. The molecule has 1 heteroatoms. The van der Waals surface area contributed by atoms with Crippen molar-refractivity contribution in [3.8, 4) is 0 Å². The van der Waals surface area contributed by atoms with Gasteiger partial charge in [0.1, 0.15) is 0 Å². The van der Waals surface area contributed by atoms with E-state index in [2.05, 4.69) is 33.1 Å². The molecular weight excluding hydrogens is 170 g/mol. The lowest BCUT2D eigenvalue weighted by atomic mass is 9.70. The fourth-order valence-corrected chi connectivity index (χ4v) is 4.66. The van der Waals surface area contributed by atoms with Crippen LogP contribution in [0.2, 0.25) is 0 Å². The van der Waals surface area contributed by atoms with Crippen LogP contribution in [-0.2, 0) is 0 Å². The molecule has 0 aromatic carbocycles. The second-order valence-corrected chi connectivity index (χ2v) is 5.38. The van der Waals surface area contributed by atoms with Crippen molar-refractivity contribution in [3.63, 3.8) is 0 Å². The van der Waals surface area contributed by atoms with E-state index < -0.39 is 0 Å². The molecule has 0 amide bonds. The fourth-order valence-electron chi connectivity index (χ4n) is 4.66. The van der Waals surface area contributed by atoms with Crippen LogP contribution in [0.25, 0.3) is 0 Å². The zero-order valence-electron chi connectivity index (χ0n) is 10.1. The van der Waals surface area contributed by atoms with Gasteiger partial charge in [-0.15, -0.1) is 0 Å². The third-order valence-electron chi connectivity index (χ3n) is 5.17. The van der Waals surface area contributed by atoms with Crippen LogP contribution in [0.15, 0.2) is 0 Å². The molecule has 0 aromatic rings. The van der Waals surface area contributed by atoms with Gasteiger partial charge in [0.05, 0.1) is 0 Å². The summed E-state index contributed by atoms with van der Waals surface area (Å²) < 4.78 is 0. The van der Waals surface area contributed by atoms with Crippen LogP contribution in [0.4, 0.5) is 0 Å². The van der Waals surface area contributed by atoms with Crippen molar-refractivity contribution in [1.29, 1.82) is 0 Å². The van der Waals surface area contributed by atoms with Gasteiger partial charge in [0, 0.05) is 6.04 Å². The molecule has 2 aliphatic rings. The van der Waals surface area contributed by atoms with Gasteiger partial charge < -0.3 is 5.32 Å². The van der Waals surface area contributed by atoms with Gasteiger partial charge in [-0.3, -0.25) is 0 Å². The zero-order chi connectivity index (χ0) is 10.3. The molecule has 2 bridgehead atoms. The van der Waals surface area contributed by atoms with Gasteiger partial charge in [-0.2, -0.15) is 0 Å². The van der Waals surface area contributed by atoms with Gasteiger partial charge >= 0.3 is 0 Å². The number of nitrogens with one attached hydrogen (secondary N) is 1. The summed E-state index contributed by atoms with van der Waals surface area (Å²) in [6, 6.07) is 0.813. The largest absolute Gasteiger partial charge is 0.316 e. The minimum atomic E-state index is 0.813. The summed E-state index contributed by atoms with van der Waals surface area (Å²) in [6.45, 7) is 7.22. The Morgan fingerprint density at radius 3 is 2.14 bits per heavy atom. The molecule has 0 spiro atoms. The Balaban J connectivity index is 2.16. The maximum absolute atomic E-state index is 3.55. The molecule has 82 valence electrons. The highest BCUT2D eigenvalue weighted by Crippen LogP contribution is 2.57. The standard InChI is InChI=1S/C13H25N/c1-5-9-10(6-2)12-7-11(9)8(3)13(12)14-4/h8-14H,5-7H2,1-4H3. The summed E-state index contributed by atoms with van der Waals surface area (Å²) in [5.74, 6) is 4.96. The Kier molecular flexibility index (Phi) is 2.88. The van der Waals surface area contributed by atoms with E-state index >= 15 is 0 Å². The summed E-state index contributed by atoms with van der Waals surface area (Å²) in [5.41, 5.74) is 0. The summed E-state index contributed by atoms with van der Waals surface area (Å²) in [6.07, 6.45) is 4.30. The highest BCUT2D eigenvalue weighted by molar-refractivity contribution is 5.05. The van der Waals surface area contributed by atoms with Crippen LogP contribution in [-0.4, -0.2) is 13.1 Å². The third-order valence-corrected chi connectivity index (χ3v) is 5.17. The van der Waals surface area contributed by atoms with E-state index in [-0.39, 0.29) is 0 Å². The van der Waals surface area contributed by atoms with Gasteiger partial charge in [0.15, 0.2) is 0 Å². The maximum atomic E-state index is 3.55. The maximum Gasteiger partial charge on any atom is 0.0123 e. The Morgan fingerprint density at radius 2 is 1.64 bits per heavy atom. The first-order chi connectivity index (χ1) is 6.74. The minimum Gasteiger partial charge on any atom is -0.316 e. The van der Waals surface area contributed by atoms with Crippen molar-refractivity contribution in [1.82, 2.24) is 5.32 Å². The average Bonchev–Trinajstić information content (AvgIpc) is 2.71. The van der Waals surface area contributed by atoms with E-state index in [4.69, 9.17) is 0 Å². The van der Waals surface area contributed by atoms with Gasteiger partial charge in [0.25, 0.3) is 0 Å². The summed E-state index contributed by atoms with van der Waals surface area (Å²) in [4.78, 5) is 0. The summed E-state index contributed by atoms with van der Waals surface area (Å²) in [5, 5.41) is 3.55. The lowest BCUT2D eigenvalue weighted by Crippen LogP contribution is -2.44. The predicted octanol–water partition coefficient (Wildman–Crippen LogP) is 2.91. The Hall–Kier alpha value is -0.0400. The van der Waals surface area contributed by atoms with E-state index in [1.54, 1.807) is 0 Å². The highest BCUT2D eigenvalue weighted by atomic mass is 14.9. The van der Waals surface area contributed by atoms with E-state index in [1.807, 2.05) is 0 Å². The van der Waals surface area contributed by atoms with Crippen LogP contribution in [0, 0.1) is 29.6 Å². The molecule has 0 aliphatic heterocycles. The van der Waals surface area contributed by atoms with Gasteiger partial charge in [-0.05, 0) is 43.1 Å². The lowest BCUT2D eigenvalue weighted by molar-refractivity contribution is 0.125. The van der Waals surface area contributed by atoms with E-state index in [9.17, 15) is 0 Å². The first-order valence-electron chi connectivity index (χ1n) is 6.41. The summed E-state index contributed by atoms with van der Waals surface area (Å²) >= 11 is 0. The van der Waals surface area contributed by atoms with Crippen molar-refractivity contribution in [2.45, 2.75) is 46.1 Å². The molecule has 2 rings (SSSR count). The first kappa shape index (κ1) is 10.5. The highest BCUT2D eigenvalue weighted by Gasteiger charge is 2.54. The molecule has 6 unspecified atom stereocenters. The molecule has 6 atom stereocenters. The topological polar surface area (TPSA) is 12.0 Å². The normalized spacial score (nSPS) is 51.4. The zero-order valence-corrected chi connectivity index (χ0v) is 10.1. The Bertz CT molecular complexity index is 199. The Labute approximate surface area is 88.7 Å². The number of hydrogen-bond acceptors (Lipinski definition) is 1. The average molecular weight is 195 g/mol. The van der Waals surface area contributed by atoms with Gasteiger partial charge in [0.2, 0.25) is 0 Å². The van der Waals surface area contributed by atoms with Crippen molar-refractivity contribution < 1.29 is 0 Å². The molecule has 1 N–H and O–H groups in total. The molecule has 0 heterocycles. The fraction of sp³-hybridized carbons (Fsp3) is 1.00. The van der Waals surface area contributed by atoms with Crippen molar-refractivity contribution in [2.75, 3.05) is 7.05 Å². The van der Waals surface area contributed by atoms with Crippen LogP contribution in [0.3, 0.4) is 0 Å². The van der Waals surface area contributed by atoms with Crippen LogP contribution in [0.5, 0.6) is 0 Å². The molecule has 2 saturated carbocycles. The second-order valence-electron chi connectivity index (χ2n) is 5.38. The Morgan fingerprint density at radius 1 is 1.07 bits per heavy atom. The minimum absolute atomic E-state index is 0.813. The van der Waals surface area contributed by atoms with Gasteiger partial charge in [-0.25, -0.2) is 0 Å². The van der Waals surface area contributed by atoms with Crippen LogP contribution >= 0.6 is 0 Å². The van der Waals surface area contributed by atoms with E-state index in [0.29, 0.717) is 0 Å². The molecule has 1 nitrogen and oxygen atoms in total. The molecule has 0 saturated heterocycles. The third kappa shape index (κ3) is 1.25. The molecule has 14 heavy (non-hydrogen) atoms. The van der Waals surface area contributed by atoms with Crippen LogP contribution < -0.4 is 5.32 Å². The van der Waals surface area contributed by atoms with Crippen molar-refractivity contribution in [2.24, 2.45) is 29.6 Å². The monoisotopic (exact) mass is 195 g/mol. The van der Waals surface area contributed by atoms with Crippen molar-refractivity contribution >= 4 is 0 Å². The van der Waals surface area contributed by atoms with Gasteiger partial charge in [-0.1, -0.05) is 33.6 Å². The molecule has 0 aromatic heterocycles. The number of hydrogen-bond donors (Lipinski definition) is 1. The first-order valence-corrected chi connectivity index (χ1v) is 6.41. The molecule has 0 radical (unpaired) electrons. The number of rotatable bonds is 3. The van der Waals surface area contributed by atoms with Crippen LogP contribution in [0.1, 0.15) is 40.0 Å². The lowest BCUT2D eigenvalue weighted by Gasteiger charge is -2.39. The quantitative estimate of drug-likeness (QED) is 0.730. The number of fused-ring (bicyclic) bond motifs is 2. The predicted molar refractivity (Wildman–Crippen MR) is 61.2 cm³/mol. The molecule has 2 fully saturated rings. The summed E-state index contributed by atoms with van der Waals surface area (Å²) in [7, 11) is 2.15. The van der Waals surface area contributed by atoms with Crippen molar-refractivity contribution in [3.05, 3.63) is 0 Å². The molecule has 2 aliphatic carbocycles.